The van der Waals surface area contributed by atoms with E-state index in [9.17, 15) is 9.18 Å². The van der Waals surface area contributed by atoms with E-state index in [1.54, 1.807) is 6.07 Å². The molecule has 8 nitrogen and oxygen atoms in total. The molecule has 1 aromatic carbocycles. The lowest BCUT2D eigenvalue weighted by Crippen LogP contribution is -2.49. The molecule has 4 N–H and O–H groups in total. The first-order chi connectivity index (χ1) is 15.5. The lowest BCUT2D eigenvalue weighted by molar-refractivity contribution is -0.119. The molecular weight excluding hydrogens is 409 g/mol. The predicted octanol–water partition coefficient (Wildman–Crippen LogP) is 0.972. The van der Waals surface area contributed by atoms with Crippen molar-refractivity contribution >= 4 is 17.6 Å². The number of halogens is 1. The van der Waals surface area contributed by atoms with Crippen molar-refractivity contribution in [1.82, 2.24) is 20.4 Å². The Kier molecular flexibility index (Phi) is 9.11. The summed E-state index contributed by atoms with van der Waals surface area (Å²) in [5.74, 6) is 0.274. The van der Waals surface area contributed by atoms with Crippen molar-refractivity contribution in [1.29, 1.82) is 0 Å². The molecule has 0 bridgehead atoms. The Morgan fingerprint density at radius 3 is 2.44 bits per heavy atom. The maximum atomic E-state index is 14.8. The summed E-state index contributed by atoms with van der Waals surface area (Å²) in [6.07, 6.45) is 1.85. The molecule has 0 aromatic heterocycles. The standard InChI is InChI=1S/C23H38FN7O/c1-3-26-23(28-19-7-9-30(10-8-19)17-22(25)32)27-16-18-5-6-21(20(24)15-18)31-13-11-29(4-2)12-14-31/h5-6,15,19H,3-4,7-14,16-17H2,1-2H3,(H2,25,32)(H2,26,27,28). The molecule has 2 heterocycles. The molecular formula is C23H38FN7O. The first kappa shape index (κ1) is 24.3. The van der Waals surface area contributed by atoms with Gasteiger partial charge in [-0.2, -0.15) is 0 Å². The number of carbonyl (C=O) groups is 1. The number of primary amides is 1. The Morgan fingerprint density at radius 2 is 1.84 bits per heavy atom. The summed E-state index contributed by atoms with van der Waals surface area (Å²) in [5, 5.41) is 6.75. The molecule has 0 spiro atoms. The van der Waals surface area contributed by atoms with Gasteiger partial charge in [-0.1, -0.05) is 13.0 Å². The Morgan fingerprint density at radius 1 is 1.12 bits per heavy atom. The van der Waals surface area contributed by atoms with Crippen LogP contribution in [0, 0.1) is 5.82 Å². The number of piperidine rings is 1. The zero-order chi connectivity index (χ0) is 22.9. The number of hydrogen-bond acceptors (Lipinski definition) is 5. The number of piperazine rings is 1. The van der Waals surface area contributed by atoms with Crippen molar-refractivity contribution in [2.75, 3.05) is 63.8 Å². The van der Waals surface area contributed by atoms with Crippen molar-refractivity contribution in [2.24, 2.45) is 10.7 Å². The summed E-state index contributed by atoms with van der Waals surface area (Å²) >= 11 is 0. The number of carbonyl (C=O) groups excluding carboxylic acids is 1. The van der Waals surface area contributed by atoms with Crippen LogP contribution in [0.1, 0.15) is 32.3 Å². The molecule has 1 amide bonds. The average Bonchev–Trinajstić information content (AvgIpc) is 2.79. The predicted molar refractivity (Wildman–Crippen MR) is 127 cm³/mol. The highest BCUT2D eigenvalue weighted by Crippen LogP contribution is 2.22. The maximum absolute atomic E-state index is 14.8. The maximum Gasteiger partial charge on any atom is 0.231 e. The highest BCUT2D eigenvalue weighted by atomic mass is 19.1. The normalized spacial score (nSPS) is 19.2. The fourth-order valence-corrected chi connectivity index (χ4v) is 4.35. The topological polar surface area (TPSA) is 89.2 Å². The summed E-state index contributed by atoms with van der Waals surface area (Å²) in [6, 6.07) is 5.76. The first-order valence-corrected chi connectivity index (χ1v) is 11.8. The van der Waals surface area contributed by atoms with Gasteiger partial charge in [-0.15, -0.1) is 0 Å². The first-order valence-electron chi connectivity index (χ1n) is 11.8. The monoisotopic (exact) mass is 447 g/mol. The SMILES string of the molecule is CCNC(=NCc1ccc(N2CCN(CC)CC2)c(F)c1)NC1CCN(CC(N)=O)CC1. The fourth-order valence-electron chi connectivity index (χ4n) is 4.35. The van der Waals surface area contributed by atoms with Gasteiger partial charge in [0.05, 0.1) is 18.8 Å². The summed E-state index contributed by atoms with van der Waals surface area (Å²) in [7, 11) is 0. The van der Waals surface area contributed by atoms with Crippen LogP contribution in [-0.4, -0.2) is 86.6 Å². The van der Waals surface area contributed by atoms with Crippen LogP contribution < -0.4 is 21.3 Å². The van der Waals surface area contributed by atoms with Crippen molar-refractivity contribution in [3.63, 3.8) is 0 Å². The number of nitrogens with two attached hydrogens (primary N) is 1. The number of rotatable bonds is 8. The number of nitrogens with zero attached hydrogens (tertiary/aromatic N) is 4. The molecule has 0 atom stereocenters. The lowest BCUT2D eigenvalue weighted by Gasteiger charge is -2.35. The van der Waals surface area contributed by atoms with Crippen molar-refractivity contribution < 1.29 is 9.18 Å². The smallest absolute Gasteiger partial charge is 0.231 e. The average molecular weight is 448 g/mol. The largest absolute Gasteiger partial charge is 0.369 e. The van der Waals surface area contributed by atoms with E-state index in [4.69, 9.17) is 5.73 Å². The molecule has 0 saturated carbocycles. The zero-order valence-corrected chi connectivity index (χ0v) is 19.4. The molecule has 0 aliphatic carbocycles. The van der Waals surface area contributed by atoms with Gasteiger partial charge in [-0.05, 0) is 44.0 Å². The van der Waals surface area contributed by atoms with Crippen molar-refractivity contribution in [3.8, 4) is 0 Å². The summed E-state index contributed by atoms with van der Waals surface area (Å²) in [4.78, 5) is 22.4. The van der Waals surface area contributed by atoms with Gasteiger partial charge in [0.2, 0.25) is 5.91 Å². The third-order valence-corrected chi connectivity index (χ3v) is 6.24. The van der Waals surface area contributed by atoms with E-state index in [0.717, 1.165) is 76.7 Å². The fraction of sp³-hybridized carbons (Fsp3) is 0.652. The van der Waals surface area contributed by atoms with E-state index in [-0.39, 0.29) is 17.8 Å². The zero-order valence-electron chi connectivity index (χ0n) is 19.4. The number of benzene rings is 1. The van der Waals surface area contributed by atoms with E-state index in [0.29, 0.717) is 18.8 Å². The van der Waals surface area contributed by atoms with Gasteiger partial charge in [-0.25, -0.2) is 9.38 Å². The van der Waals surface area contributed by atoms with Gasteiger partial charge < -0.3 is 26.2 Å². The third kappa shape index (κ3) is 7.06. The van der Waals surface area contributed by atoms with Crippen LogP contribution in [0.15, 0.2) is 23.2 Å². The van der Waals surface area contributed by atoms with Crippen LogP contribution in [0.25, 0.3) is 0 Å². The quantitative estimate of drug-likeness (QED) is 0.407. The second-order valence-electron chi connectivity index (χ2n) is 8.56. The van der Waals surface area contributed by atoms with Crippen LogP contribution in [0.3, 0.4) is 0 Å². The van der Waals surface area contributed by atoms with Gasteiger partial charge in [0.1, 0.15) is 5.82 Å². The molecule has 32 heavy (non-hydrogen) atoms. The van der Waals surface area contributed by atoms with Crippen molar-refractivity contribution in [3.05, 3.63) is 29.6 Å². The number of amides is 1. The molecule has 2 fully saturated rings. The Bertz CT molecular complexity index is 772. The van der Waals surface area contributed by atoms with Gasteiger partial charge in [0, 0.05) is 51.9 Å². The third-order valence-electron chi connectivity index (χ3n) is 6.24. The molecule has 178 valence electrons. The molecule has 2 aliphatic rings. The molecule has 2 saturated heterocycles. The van der Waals surface area contributed by atoms with Gasteiger partial charge in [-0.3, -0.25) is 9.69 Å². The Balaban J connectivity index is 1.54. The molecule has 0 unspecified atom stereocenters. The minimum absolute atomic E-state index is 0.178. The Hall–Kier alpha value is -2.39. The van der Waals surface area contributed by atoms with E-state index in [1.807, 2.05) is 19.1 Å². The minimum atomic E-state index is -0.284. The second-order valence-corrected chi connectivity index (χ2v) is 8.56. The van der Waals surface area contributed by atoms with Gasteiger partial charge >= 0.3 is 0 Å². The number of likely N-dealkylation sites (N-methyl/N-ethyl adjacent to an activating group) is 1. The van der Waals surface area contributed by atoms with E-state index < -0.39 is 0 Å². The van der Waals surface area contributed by atoms with Crippen LogP contribution in [0.5, 0.6) is 0 Å². The van der Waals surface area contributed by atoms with E-state index in [1.165, 1.54) is 0 Å². The lowest BCUT2D eigenvalue weighted by atomic mass is 10.1. The van der Waals surface area contributed by atoms with Gasteiger partial charge in [0.25, 0.3) is 0 Å². The van der Waals surface area contributed by atoms with Crippen LogP contribution >= 0.6 is 0 Å². The number of likely N-dealkylation sites (tertiary alicyclic amines) is 1. The molecule has 1 aromatic rings. The minimum Gasteiger partial charge on any atom is -0.369 e. The molecule has 9 heteroatoms. The van der Waals surface area contributed by atoms with Crippen LogP contribution in [0.2, 0.25) is 0 Å². The highest BCUT2D eigenvalue weighted by molar-refractivity contribution is 5.80. The molecule has 2 aliphatic heterocycles. The van der Waals surface area contributed by atoms with Gasteiger partial charge in [0.15, 0.2) is 5.96 Å². The van der Waals surface area contributed by atoms with E-state index in [2.05, 4.69) is 37.2 Å². The van der Waals surface area contributed by atoms with E-state index >= 15 is 0 Å². The second kappa shape index (κ2) is 12.0. The molecule has 0 radical (unpaired) electrons. The molecule has 3 rings (SSSR count). The number of guanidine groups is 1. The Labute approximate surface area is 191 Å². The van der Waals surface area contributed by atoms with Crippen molar-refractivity contribution in [2.45, 2.75) is 39.3 Å². The number of nitrogens with one attached hydrogen (secondary N) is 2. The number of hydrogen-bond donors (Lipinski definition) is 3. The van der Waals surface area contributed by atoms with Crippen LogP contribution in [-0.2, 0) is 11.3 Å². The summed E-state index contributed by atoms with van der Waals surface area (Å²) in [5.41, 5.74) is 6.83. The number of aliphatic imine (C=N–C) groups is 1. The highest BCUT2D eigenvalue weighted by Gasteiger charge is 2.21. The summed E-state index contributed by atoms with van der Waals surface area (Å²) < 4.78 is 14.8. The number of anilines is 1. The van der Waals surface area contributed by atoms with Crippen LogP contribution in [0.4, 0.5) is 10.1 Å². The summed E-state index contributed by atoms with van der Waals surface area (Å²) in [6.45, 7) is 12.0.